The number of rotatable bonds is 4. The second-order valence-corrected chi connectivity index (χ2v) is 5.38. The number of ether oxygens (including phenoxy) is 1. The quantitative estimate of drug-likeness (QED) is 0.856. The van der Waals surface area contributed by atoms with Crippen LogP contribution in [-0.4, -0.2) is 36.1 Å². The van der Waals surface area contributed by atoms with Crippen LogP contribution in [0, 0.1) is 0 Å². The van der Waals surface area contributed by atoms with Crippen LogP contribution in [0.4, 0.5) is 0 Å². The smallest absolute Gasteiger partial charge is 0.323 e. The molecule has 4 nitrogen and oxygen atoms in total. The first kappa shape index (κ1) is 15.0. The van der Waals surface area contributed by atoms with E-state index in [-0.39, 0.29) is 24.1 Å². The van der Waals surface area contributed by atoms with Crippen molar-refractivity contribution in [1.82, 2.24) is 4.90 Å². The molecule has 4 heteroatoms. The van der Waals surface area contributed by atoms with Crippen molar-refractivity contribution >= 4 is 5.97 Å². The summed E-state index contributed by atoms with van der Waals surface area (Å²) in [6.45, 7) is 5.23. The molecular formula is C16H24N2O2. The molecule has 0 saturated carbocycles. The first-order valence-electron chi connectivity index (χ1n) is 7.36. The van der Waals surface area contributed by atoms with Crippen LogP contribution in [0.15, 0.2) is 30.3 Å². The molecule has 1 saturated heterocycles. The zero-order chi connectivity index (χ0) is 14.5. The zero-order valence-corrected chi connectivity index (χ0v) is 12.3. The van der Waals surface area contributed by atoms with Crippen LogP contribution in [0.2, 0.25) is 0 Å². The lowest BCUT2D eigenvalue weighted by molar-refractivity contribution is -0.152. The van der Waals surface area contributed by atoms with E-state index in [1.54, 1.807) is 0 Å². The molecule has 1 aliphatic rings. The zero-order valence-electron chi connectivity index (χ0n) is 12.3. The molecule has 0 bridgehead atoms. The summed E-state index contributed by atoms with van der Waals surface area (Å²) in [7, 11) is 0. The Morgan fingerprint density at radius 3 is 2.80 bits per heavy atom. The summed E-state index contributed by atoms with van der Waals surface area (Å²) < 4.78 is 5.21. The lowest BCUT2D eigenvalue weighted by Gasteiger charge is -2.40. The SMILES string of the molecule is CCOC(=O)[C@@H]1C[C@H](N)CCN1[C@H](C)c1ccccc1. The normalized spacial score (nSPS) is 25.1. The summed E-state index contributed by atoms with van der Waals surface area (Å²) >= 11 is 0. The molecule has 2 rings (SSSR count). The Labute approximate surface area is 120 Å². The second-order valence-electron chi connectivity index (χ2n) is 5.38. The highest BCUT2D eigenvalue weighted by Gasteiger charge is 2.35. The summed E-state index contributed by atoms with van der Waals surface area (Å²) in [4.78, 5) is 14.4. The van der Waals surface area contributed by atoms with Gasteiger partial charge < -0.3 is 10.5 Å². The fourth-order valence-corrected chi connectivity index (χ4v) is 2.87. The fourth-order valence-electron chi connectivity index (χ4n) is 2.87. The summed E-state index contributed by atoms with van der Waals surface area (Å²) in [5.74, 6) is -0.148. The van der Waals surface area contributed by atoms with Gasteiger partial charge in [-0.2, -0.15) is 0 Å². The molecule has 0 radical (unpaired) electrons. The lowest BCUT2D eigenvalue weighted by Crippen LogP contribution is -2.52. The number of hydrogen-bond acceptors (Lipinski definition) is 4. The number of carbonyl (C=O) groups is 1. The standard InChI is InChI=1S/C16H24N2O2/c1-3-20-16(19)15-11-14(17)9-10-18(15)12(2)13-7-5-4-6-8-13/h4-8,12,14-15H,3,9-11,17H2,1-2H3/t12-,14-,15+/m1/s1. The molecule has 0 amide bonds. The van der Waals surface area contributed by atoms with Crippen molar-refractivity contribution in [1.29, 1.82) is 0 Å². The Balaban J connectivity index is 2.16. The number of hydrogen-bond donors (Lipinski definition) is 1. The second kappa shape index (κ2) is 6.86. The van der Waals surface area contributed by atoms with Gasteiger partial charge in [-0.15, -0.1) is 0 Å². The van der Waals surface area contributed by atoms with Gasteiger partial charge >= 0.3 is 5.97 Å². The van der Waals surface area contributed by atoms with E-state index < -0.39 is 0 Å². The van der Waals surface area contributed by atoms with Crippen molar-refractivity contribution < 1.29 is 9.53 Å². The van der Waals surface area contributed by atoms with Gasteiger partial charge in [-0.25, -0.2) is 0 Å². The summed E-state index contributed by atoms with van der Waals surface area (Å²) in [5, 5.41) is 0. The Kier molecular flexibility index (Phi) is 5.15. The third-order valence-corrected chi connectivity index (χ3v) is 4.02. The molecule has 110 valence electrons. The minimum atomic E-state index is -0.228. The Bertz CT molecular complexity index is 435. The Morgan fingerprint density at radius 1 is 1.45 bits per heavy atom. The topological polar surface area (TPSA) is 55.6 Å². The fraction of sp³-hybridized carbons (Fsp3) is 0.562. The van der Waals surface area contributed by atoms with Crippen molar-refractivity contribution in [3.05, 3.63) is 35.9 Å². The highest BCUT2D eigenvalue weighted by atomic mass is 16.5. The van der Waals surface area contributed by atoms with Crippen LogP contribution in [0.3, 0.4) is 0 Å². The maximum atomic E-state index is 12.2. The van der Waals surface area contributed by atoms with E-state index in [9.17, 15) is 4.79 Å². The molecule has 1 fully saturated rings. The van der Waals surface area contributed by atoms with Crippen LogP contribution in [0.25, 0.3) is 0 Å². The number of nitrogens with zero attached hydrogens (tertiary/aromatic N) is 1. The molecule has 0 unspecified atom stereocenters. The predicted octanol–water partition coefficient (Wildman–Crippen LogP) is 2.10. The van der Waals surface area contributed by atoms with E-state index in [2.05, 4.69) is 24.0 Å². The minimum absolute atomic E-state index is 0.0867. The van der Waals surface area contributed by atoms with Gasteiger partial charge in [0.15, 0.2) is 0 Å². The van der Waals surface area contributed by atoms with Gasteiger partial charge in [0, 0.05) is 18.6 Å². The van der Waals surface area contributed by atoms with Crippen molar-refractivity contribution in [2.24, 2.45) is 5.73 Å². The first-order valence-corrected chi connectivity index (χ1v) is 7.36. The molecule has 2 N–H and O–H groups in total. The number of nitrogens with two attached hydrogens (primary N) is 1. The number of piperidine rings is 1. The minimum Gasteiger partial charge on any atom is -0.465 e. The van der Waals surface area contributed by atoms with Crippen LogP contribution < -0.4 is 5.73 Å². The third kappa shape index (κ3) is 3.38. The van der Waals surface area contributed by atoms with E-state index in [0.717, 1.165) is 13.0 Å². The first-order chi connectivity index (χ1) is 9.63. The van der Waals surface area contributed by atoms with Gasteiger partial charge in [-0.1, -0.05) is 30.3 Å². The summed E-state index contributed by atoms with van der Waals surface area (Å²) in [6.07, 6.45) is 1.60. The van der Waals surface area contributed by atoms with Gasteiger partial charge in [-0.3, -0.25) is 9.69 Å². The molecule has 3 atom stereocenters. The molecular weight excluding hydrogens is 252 g/mol. The van der Waals surface area contributed by atoms with Crippen molar-refractivity contribution in [2.45, 2.75) is 44.8 Å². The number of likely N-dealkylation sites (tertiary alicyclic amines) is 1. The number of esters is 1. The molecule has 1 aromatic carbocycles. The molecule has 20 heavy (non-hydrogen) atoms. The van der Waals surface area contributed by atoms with Crippen LogP contribution >= 0.6 is 0 Å². The van der Waals surface area contributed by atoms with Gasteiger partial charge in [0.1, 0.15) is 6.04 Å². The monoisotopic (exact) mass is 276 g/mol. The van der Waals surface area contributed by atoms with Gasteiger partial charge in [-0.05, 0) is 32.3 Å². The maximum absolute atomic E-state index is 12.2. The van der Waals surface area contributed by atoms with Crippen molar-refractivity contribution in [2.75, 3.05) is 13.2 Å². The highest BCUT2D eigenvalue weighted by molar-refractivity contribution is 5.76. The largest absolute Gasteiger partial charge is 0.465 e. The molecule has 1 heterocycles. The number of carbonyl (C=O) groups excluding carboxylic acids is 1. The third-order valence-electron chi connectivity index (χ3n) is 4.02. The highest BCUT2D eigenvalue weighted by Crippen LogP contribution is 2.28. The average molecular weight is 276 g/mol. The maximum Gasteiger partial charge on any atom is 0.323 e. The average Bonchev–Trinajstić information content (AvgIpc) is 2.47. The van der Waals surface area contributed by atoms with Crippen molar-refractivity contribution in [3.63, 3.8) is 0 Å². The molecule has 0 aromatic heterocycles. The lowest BCUT2D eigenvalue weighted by atomic mass is 9.94. The van der Waals surface area contributed by atoms with E-state index >= 15 is 0 Å². The molecule has 0 aliphatic carbocycles. The molecule has 1 aromatic rings. The Morgan fingerprint density at radius 2 is 2.15 bits per heavy atom. The van der Waals surface area contributed by atoms with Crippen molar-refractivity contribution in [3.8, 4) is 0 Å². The summed E-state index contributed by atoms with van der Waals surface area (Å²) in [6, 6.07) is 10.3. The van der Waals surface area contributed by atoms with Gasteiger partial charge in [0.05, 0.1) is 6.61 Å². The van der Waals surface area contributed by atoms with E-state index in [1.807, 2.05) is 25.1 Å². The van der Waals surface area contributed by atoms with Gasteiger partial charge in [0.25, 0.3) is 0 Å². The molecule has 1 aliphatic heterocycles. The van der Waals surface area contributed by atoms with Crippen LogP contribution in [0.5, 0.6) is 0 Å². The predicted molar refractivity (Wildman–Crippen MR) is 79.2 cm³/mol. The Hall–Kier alpha value is -1.39. The number of benzene rings is 1. The van der Waals surface area contributed by atoms with E-state index in [1.165, 1.54) is 5.56 Å². The van der Waals surface area contributed by atoms with E-state index in [0.29, 0.717) is 13.0 Å². The van der Waals surface area contributed by atoms with Gasteiger partial charge in [0.2, 0.25) is 0 Å². The summed E-state index contributed by atoms with van der Waals surface area (Å²) in [5.41, 5.74) is 7.25. The van der Waals surface area contributed by atoms with E-state index in [4.69, 9.17) is 10.5 Å². The van der Waals surface area contributed by atoms with Crippen LogP contribution in [0.1, 0.15) is 38.3 Å². The van der Waals surface area contributed by atoms with Crippen LogP contribution in [-0.2, 0) is 9.53 Å². The molecule has 0 spiro atoms.